The third-order valence-corrected chi connectivity index (χ3v) is 6.35. The molecule has 29 heavy (non-hydrogen) atoms. The van der Waals surface area contributed by atoms with E-state index in [4.69, 9.17) is 4.74 Å². The van der Waals surface area contributed by atoms with Gasteiger partial charge in [-0.3, -0.25) is 14.5 Å². The van der Waals surface area contributed by atoms with Crippen molar-refractivity contribution in [3.8, 4) is 5.75 Å². The summed E-state index contributed by atoms with van der Waals surface area (Å²) in [5.41, 5.74) is 0.136. The van der Waals surface area contributed by atoms with Crippen molar-refractivity contribution in [2.24, 2.45) is 5.92 Å². The van der Waals surface area contributed by atoms with E-state index in [9.17, 15) is 14.4 Å². The van der Waals surface area contributed by atoms with E-state index < -0.39 is 11.6 Å². The lowest BCUT2D eigenvalue weighted by molar-refractivity contribution is -0.136. The highest BCUT2D eigenvalue weighted by Crippen LogP contribution is 2.37. The van der Waals surface area contributed by atoms with Gasteiger partial charge in [-0.1, -0.05) is 32.4 Å². The Hall–Kier alpha value is -2.57. The molecule has 2 fully saturated rings. The monoisotopic (exact) mass is 401 g/mol. The van der Waals surface area contributed by atoms with Crippen molar-refractivity contribution in [3.05, 3.63) is 29.8 Å². The number of urea groups is 1. The van der Waals surface area contributed by atoms with E-state index in [1.807, 2.05) is 31.2 Å². The molecule has 2 N–H and O–H groups in total. The fourth-order valence-corrected chi connectivity index (χ4v) is 4.38. The number of benzene rings is 1. The number of carbonyl (C=O) groups excluding carboxylic acids is 3. The lowest BCUT2D eigenvalue weighted by Gasteiger charge is -2.34. The molecule has 1 heterocycles. The largest absolute Gasteiger partial charge is 0.497 e. The van der Waals surface area contributed by atoms with Crippen LogP contribution in [-0.4, -0.2) is 41.9 Å². The minimum Gasteiger partial charge on any atom is -0.497 e. The predicted octanol–water partition coefficient (Wildman–Crippen LogP) is 3.15. The van der Waals surface area contributed by atoms with Crippen molar-refractivity contribution in [1.29, 1.82) is 0 Å². The molecule has 158 valence electrons. The van der Waals surface area contributed by atoms with E-state index >= 15 is 0 Å². The molecule has 1 aliphatic carbocycles. The van der Waals surface area contributed by atoms with Gasteiger partial charge >= 0.3 is 6.03 Å². The average molecular weight is 402 g/mol. The Morgan fingerprint density at radius 1 is 1.24 bits per heavy atom. The zero-order chi connectivity index (χ0) is 21.0. The van der Waals surface area contributed by atoms with E-state index in [-0.39, 0.29) is 24.4 Å². The second-order valence-corrected chi connectivity index (χ2v) is 8.06. The molecule has 1 spiro atoms. The summed E-state index contributed by atoms with van der Waals surface area (Å²) in [6.07, 6.45) is 4.94. The summed E-state index contributed by atoms with van der Waals surface area (Å²) in [5, 5.41) is 5.82. The molecule has 4 amide bonds. The first-order valence-electron chi connectivity index (χ1n) is 10.5. The number of amides is 4. The van der Waals surface area contributed by atoms with Crippen LogP contribution < -0.4 is 15.4 Å². The van der Waals surface area contributed by atoms with Gasteiger partial charge in [0.15, 0.2) is 0 Å². The Morgan fingerprint density at radius 3 is 2.45 bits per heavy atom. The molecule has 0 bridgehead atoms. The van der Waals surface area contributed by atoms with Gasteiger partial charge < -0.3 is 15.4 Å². The normalized spacial score (nSPS) is 25.1. The number of hydrogen-bond acceptors (Lipinski definition) is 4. The summed E-state index contributed by atoms with van der Waals surface area (Å²) in [6.45, 7) is 3.88. The number of nitrogens with zero attached hydrogens (tertiary/aromatic N) is 1. The number of rotatable bonds is 7. The molecule has 0 radical (unpaired) electrons. The first-order valence-corrected chi connectivity index (χ1v) is 10.5. The fourth-order valence-electron chi connectivity index (χ4n) is 4.38. The van der Waals surface area contributed by atoms with Crippen molar-refractivity contribution in [1.82, 2.24) is 15.5 Å². The summed E-state index contributed by atoms with van der Waals surface area (Å²) < 4.78 is 5.17. The zero-order valence-electron chi connectivity index (χ0n) is 17.5. The lowest BCUT2D eigenvalue weighted by atomic mass is 9.75. The molecule has 7 nitrogen and oxygen atoms in total. The molecular weight excluding hydrogens is 370 g/mol. The molecule has 2 aliphatic rings. The Balaban J connectivity index is 1.62. The Labute approximate surface area is 172 Å². The minimum absolute atomic E-state index is 0.192. The Kier molecular flexibility index (Phi) is 6.45. The molecule has 1 aromatic carbocycles. The Morgan fingerprint density at radius 2 is 1.90 bits per heavy atom. The van der Waals surface area contributed by atoms with Crippen LogP contribution >= 0.6 is 0 Å². The van der Waals surface area contributed by atoms with Crippen molar-refractivity contribution < 1.29 is 19.1 Å². The van der Waals surface area contributed by atoms with Gasteiger partial charge in [-0.05, 0) is 55.7 Å². The Bertz CT molecular complexity index is 754. The highest BCUT2D eigenvalue weighted by Gasteiger charge is 2.52. The standard InChI is InChI=1S/C22H31N3O4/c1-4-15-10-12-22(13-11-15)20(27)25(21(28)24-22)14-19(26)23-18(5-2)16-6-8-17(29-3)9-7-16/h6-9,15,18H,4-5,10-14H2,1-3H3,(H,23,26)(H,24,28). The predicted molar refractivity (Wildman–Crippen MR) is 109 cm³/mol. The smallest absolute Gasteiger partial charge is 0.325 e. The number of methoxy groups -OCH3 is 1. The quantitative estimate of drug-likeness (QED) is 0.687. The highest BCUT2D eigenvalue weighted by molar-refractivity contribution is 6.09. The second kappa shape index (κ2) is 8.84. The van der Waals surface area contributed by atoms with Crippen LogP contribution in [-0.2, 0) is 9.59 Å². The first-order chi connectivity index (χ1) is 13.9. The van der Waals surface area contributed by atoms with Crippen LogP contribution in [0.1, 0.15) is 64.0 Å². The highest BCUT2D eigenvalue weighted by atomic mass is 16.5. The third-order valence-electron chi connectivity index (χ3n) is 6.35. The van der Waals surface area contributed by atoms with Gasteiger partial charge in [0.1, 0.15) is 17.8 Å². The van der Waals surface area contributed by atoms with E-state index in [0.29, 0.717) is 25.2 Å². The van der Waals surface area contributed by atoms with E-state index in [2.05, 4.69) is 17.6 Å². The lowest BCUT2D eigenvalue weighted by Crippen LogP contribution is -2.50. The molecule has 1 atom stereocenters. The summed E-state index contributed by atoms with van der Waals surface area (Å²) in [7, 11) is 1.60. The van der Waals surface area contributed by atoms with E-state index in [1.165, 1.54) is 0 Å². The van der Waals surface area contributed by atoms with Crippen LogP contribution in [0.2, 0.25) is 0 Å². The van der Waals surface area contributed by atoms with Crippen LogP contribution in [0.15, 0.2) is 24.3 Å². The van der Waals surface area contributed by atoms with Crippen LogP contribution in [0.5, 0.6) is 5.75 Å². The molecular formula is C22H31N3O4. The summed E-state index contributed by atoms with van der Waals surface area (Å²) >= 11 is 0. The molecule has 1 unspecified atom stereocenters. The third kappa shape index (κ3) is 4.38. The molecule has 0 aromatic heterocycles. The topological polar surface area (TPSA) is 87.7 Å². The van der Waals surface area contributed by atoms with Crippen LogP contribution in [0.25, 0.3) is 0 Å². The molecule has 1 aromatic rings. The summed E-state index contributed by atoms with van der Waals surface area (Å²) in [5.74, 6) is 0.759. The van der Waals surface area contributed by atoms with Gasteiger partial charge in [-0.15, -0.1) is 0 Å². The van der Waals surface area contributed by atoms with Gasteiger partial charge in [0, 0.05) is 0 Å². The number of ether oxygens (including phenoxy) is 1. The summed E-state index contributed by atoms with van der Waals surface area (Å²) in [6, 6.07) is 6.85. The van der Waals surface area contributed by atoms with Crippen LogP contribution in [0.4, 0.5) is 4.79 Å². The van der Waals surface area contributed by atoms with Crippen molar-refractivity contribution in [2.75, 3.05) is 13.7 Å². The number of carbonyl (C=O) groups is 3. The van der Waals surface area contributed by atoms with E-state index in [0.717, 1.165) is 35.5 Å². The van der Waals surface area contributed by atoms with Crippen LogP contribution in [0.3, 0.4) is 0 Å². The van der Waals surface area contributed by atoms with Crippen LogP contribution in [0, 0.1) is 5.92 Å². The number of imide groups is 1. The van der Waals surface area contributed by atoms with Crippen molar-refractivity contribution >= 4 is 17.8 Å². The SMILES string of the molecule is CCC1CCC2(CC1)NC(=O)N(CC(=O)NC(CC)c1ccc(OC)cc1)C2=O. The maximum Gasteiger partial charge on any atom is 0.325 e. The number of hydrogen-bond donors (Lipinski definition) is 2. The number of nitrogens with one attached hydrogen (secondary N) is 2. The van der Waals surface area contributed by atoms with E-state index in [1.54, 1.807) is 7.11 Å². The maximum atomic E-state index is 13.0. The second-order valence-electron chi connectivity index (χ2n) is 8.06. The molecule has 1 aliphatic heterocycles. The zero-order valence-corrected chi connectivity index (χ0v) is 17.5. The van der Waals surface area contributed by atoms with Crippen molar-refractivity contribution in [3.63, 3.8) is 0 Å². The van der Waals surface area contributed by atoms with Gasteiger partial charge in [0.05, 0.1) is 13.2 Å². The summed E-state index contributed by atoms with van der Waals surface area (Å²) in [4.78, 5) is 39.1. The van der Waals surface area contributed by atoms with Gasteiger partial charge in [0.25, 0.3) is 5.91 Å². The maximum absolute atomic E-state index is 13.0. The van der Waals surface area contributed by atoms with Crippen molar-refractivity contribution in [2.45, 2.75) is 64.0 Å². The van der Waals surface area contributed by atoms with Gasteiger partial charge in [-0.25, -0.2) is 4.79 Å². The minimum atomic E-state index is -0.816. The average Bonchev–Trinajstić information content (AvgIpc) is 2.96. The fraction of sp³-hybridized carbons (Fsp3) is 0.591. The van der Waals surface area contributed by atoms with Gasteiger partial charge in [0.2, 0.25) is 5.91 Å². The molecule has 7 heteroatoms. The molecule has 1 saturated carbocycles. The molecule has 3 rings (SSSR count). The van der Waals surface area contributed by atoms with Gasteiger partial charge in [-0.2, -0.15) is 0 Å². The first kappa shape index (κ1) is 21.1. The molecule has 1 saturated heterocycles.